The molecule has 2 spiro atoms. The van der Waals surface area contributed by atoms with E-state index in [0.29, 0.717) is 24.7 Å². The first-order chi connectivity index (χ1) is 17.4. The average molecular weight is 516 g/mol. The van der Waals surface area contributed by atoms with Gasteiger partial charge >= 0.3 is 0 Å². The molecule has 0 atom stereocenters. The molecule has 3 aliphatic heterocycles. The van der Waals surface area contributed by atoms with Crippen LogP contribution in [0, 0.1) is 12.7 Å². The third-order valence-electron chi connectivity index (χ3n) is 8.71. The zero-order valence-corrected chi connectivity index (χ0v) is 22.0. The lowest BCUT2D eigenvalue weighted by Crippen LogP contribution is -2.48. The Balaban J connectivity index is 1.30. The zero-order valence-electron chi connectivity index (χ0n) is 21.2. The van der Waals surface area contributed by atoms with E-state index < -0.39 is 17.1 Å². The van der Waals surface area contributed by atoms with Crippen molar-refractivity contribution in [3.8, 4) is 10.6 Å². The number of anilines is 1. The van der Waals surface area contributed by atoms with Gasteiger partial charge < -0.3 is 24.6 Å². The van der Waals surface area contributed by atoms with Crippen molar-refractivity contribution >= 4 is 23.2 Å². The van der Waals surface area contributed by atoms with E-state index in [1.807, 2.05) is 18.9 Å². The normalized spacial score (nSPS) is 23.7. The van der Waals surface area contributed by atoms with E-state index in [9.17, 15) is 4.79 Å². The van der Waals surface area contributed by atoms with E-state index in [0.717, 1.165) is 73.5 Å². The first kappa shape index (κ1) is 24.2. The molecule has 6 rings (SSSR count). The van der Waals surface area contributed by atoms with E-state index in [4.69, 9.17) is 9.47 Å². The van der Waals surface area contributed by atoms with Gasteiger partial charge in [0.2, 0.25) is 5.95 Å². The Kier molecular flexibility index (Phi) is 6.06. The zero-order chi connectivity index (χ0) is 25.1. The van der Waals surface area contributed by atoms with Crippen LogP contribution in [0.5, 0.6) is 0 Å². The second-order valence-corrected chi connectivity index (χ2v) is 11.5. The van der Waals surface area contributed by atoms with Gasteiger partial charge in [0.05, 0.1) is 35.4 Å². The molecule has 3 fully saturated rings. The van der Waals surface area contributed by atoms with Crippen LogP contribution in [0.15, 0.2) is 6.20 Å². The number of ether oxygens (including phenoxy) is 2. The molecule has 0 radical (unpaired) electrons. The summed E-state index contributed by atoms with van der Waals surface area (Å²) in [6, 6.07) is 0.272. The van der Waals surface area contributed by atoms with Gasteiger partial charge in [-0.3, -0.25) is 4.79 Å². The topological polar surface area (TPSA) is 79.8 Å². The molecule has 8 nitrogen and oxygen atoms in total. The van der Waals surface area contributed by atoms with Gasteiger partial charge in [0, 0.05) is 43.9 Å². The van der Waals surface area contributed by atoms with E-state index in [2.05, 4.69) is 27.1 Å². The molecule has 36 heavy (non-hydrogen) atoms. The van der Waals surface area contributed by atoms with Crippen LogP contribution in [0.25, 0.3) is 10.6 Å². The van der Waals surface area contributed by atoms with Crippen molar-refractivity contribution < 1.29 is 18.7 Å². The molecule has 194 valence electrons. The Hall–Kier alpha value is -2.14. The van der Waals surface area contributed by atoms with Crippen molar-refractivity contribution in [1.82, 2.24) is 19.8 Å². The summed E-state index contributed by atoms with van der Waals surface area (Å²) < 4.78 is 27.0. The first-order valence-corrected chi connectivity index (χ1v) is 13.9. The Labute approximate surface area is 215 Å². The second-order valence-electron chi connectivity index (χ2n) is 10.5. The lowest BCUT2D eigenvalue weighted by Gasteiger charge is -2.45. The lowest BCUT2D eigenvalue weighted by molar-refractivity contribution is -0.191. The summed E-state index contributed by atoms with van der Waals surface area (Å²) in [7, 11) is 1.89. The number of hydrogen-bond donors (Lipinski definition) is 1. The van der Waals surface area contributed by atoms with Gasteiger partial charge in [0.1, 0.15) is 5.69 Å². The highest BCUT2D eigenvalue weighted by atomic mass is 32.1. The summed E-state index contributed by atoms with van der Waals surface area (Å²) in [5.41, 5.74) is 1.38. The first-order valence-electron chi connectivity index (χ1n) is 13.1. The number of nitrogens with zero attached hydrogens (tertiary/aromatic N) is 4. The van der Waals surface area contributed by atoms with Crippen LogP contribution in [0.4, 0.5) is 10.3 Å². The molecule has 1 saturated carbocycles. The number of halogens is 1. The number of carbonyl (C=O) groups is 1. The van der Waals surface area contributed by atoms with Gasteiger partial charge in [-0.05, 0) is 44.7 Å². The molecular formula is C26H34FN5O3S. The third kappa shape index (κ3) is 3.76. The number of thiophene rings is 1. The van der Waals surface area contributed by atoms with Crippen LogP contribution in [0.2, 0.25) is 0 Å². The maximum atomic E-state index is 15.1. The highest BCUT2D eigenvalue weighted by Crippen LogP contribution is 2.56. The van der Waals surface area contributed by atoms with Crippen molar-refractivity contribution in [3.63, 3.8) is 0 Å². The molecular weight excluding hydrogens is 481 g/mol. The van der Waals surface area contributed by atoms with Crippen molar-refractivity contribution in [2.75, 3.05) is 45.2 Å². The molecule has 1 aliphatic carbocycles. The van der Waals surface area contributed by atoms with Crippen molar-refractivity contribution in [3.05, 3.63) is 28.0 Å². The number of likely N-dealkylation sites (tertiary alicyclic amines) is 1. The SMILES string of the molecule is CCN1CCC(Nc2ncc(F)c(-c3sc4c(c3C)C(=O)N(C)C43CCC4(CC3)OCCO4)n2)CC1. The fraction of sp³-hybridized carbons (Fsp3) is 0.654. The van der Waals surface area contributed by atoms with Gasteiger partial charge in [-0.25, -0.2) is 14.4 Å². The molecule has 5 heterocycles. The van der Waals surface area contributed by atoms with E-state index in [1.54, 1.807) is 0 Å². The van der Waals surface area contributed by atoms with E-state index in [1.165, 1.54) is 17.5 Å². The van der Waals surface area contributed by atoms with Gasteiger partial charge in [-0.15, -0.1) is 11.3 Å². The van der Waals surface area contributed by atoms with Crippen LogP contribution in [-0.4, -0.2) is 77.4 Å². The summed E-state index contributed by atoms with van der Waals surface area (Å²) in [5.74, 6) is -0.526. The standard InChI is InChI=1S/C26H34FN5O3S/c1-4-32-11-5-17(6-12-32)29-24-28-15-18(27)20(30-24)21-16(2)19-22(36-21)25(31(3)23(19)33)7-9-26(10-8-25)34-13-14-35-26/h15,17H,4-14H2,1-3H3,(H,28,29,30). The number of amides is 1. The smallest absolute Gasteiger partial charge is 0.255 e. The van der Waals surface area contributed by atoms with Gasteiger partial charge in [-0.1, -0.05) is 6.92 Å². The van der Waals surface area contributed by atoms with E-state index >= 15 is 4.39 Å². The Morgan fingerprint density at radius 1 is 1.19 bits per heavy atom. The number of rotatable bonds is 4. The number of carbonyl (C=O) groups excluding carboxylic acids is 1. The maximum Gasteiger partial charge on any atom is 0.255 e. The highest BCUT2D eigenvalue weighted by molar-refractivity contribution is 7.16. The Morgan fingerprint density at radius 3 is 2.56 bits per heavy atom. The number of aromatic nitrogens is 2. The number of nitrogens with one attached hydrogen (secondary N) is 1. The van der Waals surface area contributed by atoms with Gasteiger partial charge in [0.25, 0.3) is 5.91 Å². The molecule has 4 aliphatic rings. The lowest BCUT2D eigenvalue weighted by atomic mass is 9.77. The molecule has 1 amide bonds. The molecule has 10 heteroatoms. The van der Waals surface area contributed by atoms with Gasteiger partial charge in [-0.2, -0.15) is 0 Å². The van der Waals surface area contributed by atoms with Crippen molar-refractivity contribution in [2.45, 2.75) is 69.7 Å². The van der Waals surface area contributed by atoms with Gasteiger partial charge in [0.15, 0.2) is 11.6 Å². The largest absolute Gasteiger partial charge is 0.351 e. The fourth-order valence-corrected chi connectivity index (χ4v) is 7.98. The minimum absolute atomic E-state index is 0.00436. The average Bonchev–Trinajstić information content (AvgIpc) is 3.55. The summed E-state index contributed by atoms with van der Waals surface area (Å²) >= 11 is 1.51. The molecule has 0 unspecified atom stereocenters. The van der Waals surface area contributed by atoms with Crippen molar-refractivity contribution in [2.24, 2.45) is 0 Å². The molecule has 0 aromatic carbocycles. The summed E-state index contributed by atoms with van der Waals surface area (Å²) in [4.78, 5) is 28.3. The monoisotopic (exact) mass is 515 g/mol. The molecule has 1 N–H and O–H groups in total. The fourth-order valence-electron chi connectivity index (χ4n) is 6.40. The van der Waals surface area contributed by atoms with Crippen LogP contribution in [-0.2, 0) is 15.0 Å². The molecule has 2 saturated heterocycles. The Morgan fingerprint density at radius 2 is 1.89 bits per heavy atom. The maximum absolute atomic E-state index is 15.1. The molecule has 2 aromatic heterocycles. The number of piperidine rings is 1. The van der Waals surface area contributed by atoms with E-state index in [-0.39, 0.29) is 17.6 Å². The van der Waals surface area contributed by atoms with Crippen LogP contribution in [0.1, 0.15) is 66.2 Å². The summed E-state index contributed by atoms with van der Waals surface area (Å²) in [5, 5.41) is 3.42. The minimum atomic E-state index is -0.514. The quantitative estimate of drug-likeness (QED) is 0.655. The highest BCUT2D eigenvalue weighted by Gasteiger charge is 2.56. The third-order valence-corrected chi connectivity index (χ3v) is 10.2. The number of hydrogen-bond acceptors (Lipinski definition) is 8. The second kappa shape index (κ2) is 9.01. The number of fused-ring (bicyclic) bond motifs is 2. The molecule has 2 aromatic rings. The van der Waals surface area contributed by atoms with Crippen LogP contribution in [0.3, 0.4) is 0 Å². The van der Waals surface area contributed by atoms with Crippen LogP contribution < -0.4 is 5.32 Å². The predicted octanol–water partition coefficient (Wildman–Crippen LogP) is 4.15. The van der Waals surface area contributed by atoms with Crippen LogP contribution >= 0.6 is 11.3 Å². The Bertz CT molecular complexity index is 1160. The molecule has 0 bridgehead atoms. The summed E-state index contributed by atoms with van der Waals surface area (Å²) in [6.07, 6.45) is 6.27. The summed E-state index contributed by atoms with van der Waals surface area (Å²) in [6.45, 7) is 8.47. The minimum Gasteiger partial charge on any atom is -0.351 e. The predicted molar refractivity (Wildman–Crippen MR) is 136 cm³/mol. The van der Waals surface area contributed by atoms with Crippen molar-refractivity contribution in [1.29, 1.82) is 0 Å².